The van der Waals surface area contributed by atoms with Crippen LogP contribution in [0.4, 0.5) is 0 Å². The molecule has 1 aromatic rings. The molecule has 0 amide bonds. The predicted molar refractivity (Wildman–Crippen MR) is 84.7 cm³/mol. The Morgan fingerprint density at radius 1 is 1.21 bits per heavy atom. The third-order valence-corrected chi connectivity index (χ3v) is 4.39. The summed E-state index contributed by atoms with van der Waals surface area (Å²) in [7, 11) is 0. The van der Waals surface area contributed by atoms with Gasteiger partial charge < -0.3 is 5.11 Å². The molecule has 1 heterocycles. The number of unbranched alkanes of at least 4 members (excludes halogenated alkanes) is 4. The second kappa shape index (κ2) is 9.73. The van der Waals surface area contributed by atoms with Gasteiger partial charge in [0.25, 0.3) is 0 Å². The first kappa shape index (κ1) is 16.9. The number of rotatable bonds is 9. The lowest BCUT2D eigenvalue weighted by Gasteiger charge is -2.10. The molecule has 0 spiro atoms. The number of hydrogen-bond donors (Lipinski definition) is 1. The number of aryl methyl sites for hydroxylation is 1. The largest absolute Gasteiger partial charge is 0.393 e. The van der Waals surface area contributed by atoms with Crippen molar-refractivity contribution >= 4 is 27.5 Å². The van der Waals surface area contributed by atoms with E-state index < -0.39 is 0 Å². The molecule has 1 atom stereocenters. The van der Waals surface area contributed by atoms with E-state index in [0.29, 0.717) is 5.15 Å². The van der Waals surface area contributed by atoms with E-state index in [4.69, 9.17) is 11.6 Å². The molecule has 0 aliphatic carbocycles. The second-order valence-electron chi connectivity index (χ2n) is 4.97. The van der Waals surface area contributed by atoms with Crippen molar-refractivity contribution < 1.29 is 5.11 Å². The van der Waals surface area contributed by atoms with Crippen LogP contribution >= 0.6 is 27.5 Å². The van der Waals surface area contributed by atoms with Gasteiger partial charge in [-0.15, -0.1) is 0 Å². The minimum atomic E-state index is -0.217. The molecule has 0 saturated heterocycles. The standard InChI is InChI=1S/C15H23BrClNO/c1-2-3-4-5-6-7-13(19)10-8-12-9-11-14(16)15(17)18-12/h9,11,13,19H,2-8,10H2,1H3. The molecule has 1 rings (SSSR count). The number of hydrogen-bond acceptors (Lipinski definition) is 2. The van der Waals surface area contributed by atoms with Crippen LogP contribution in [-0.4, -0.2) is 16.2 Å². The van der Waals surface area contributed by atoms with Gasteiger partial charge in [-0.3, -0.25) is 0 Å². The normalized spacial score (nSPS) is 12.6. The van der Waals surface area contributed by atoms with Gasteiger partial charge in [0.2, 0.25) is 0 Å². The topological polar surface area (TPSA) is 33.1 Å². The zero-order valence-corrected chi connectivity index (χ0v) is 13.9. The third-order valence-electron chi connectivity index (χ3n) is 3.24. The van der Waals surface area contributed by atoms with Gasteiger partial charge in [-0.05, 0) is 47.3 Å². The molecule has 1 unspecified atom stereocenters. The van der Waals surface area contributed by atoms with Gasteiger partial charge in [-0.2, -0.15) is 0 Å². The lowest BCUT2D eigenvalue weighted by atomic mass is 10.0. The van der Waals surface area contributed by atoms with Crippen LogP contribution in [0.5, 0.6) is 0 Å². The number of halogens is 2. The van der Waals surface area contributed by atoms with E-state index in [2.05, 4.69) is 27.8 Å². The molecule has 4 heteroatoms. The first-order chi connectivity index (χ1) is 9.13. The molecule has 0 aliphatic heterocycles. The number of pyridine rings is 1. The van der Waals surface area contributed by atoms with Gasteiger partial charge in [0.15, 0.2) is 0 Å². The van der Waals surface area contributed by atoms with E-state index in [9.17, 15) is 5.11 Å². The monoisotopic (exact) mass is 347 g/mol. The number of nitrogens with zero attached hydrogens (tertiary/aromatic N) is 1. The van der Waals surface area contributed by atoms with Gasteiger partial charge in [0, 0.05) is 5.69 Å². The highest BCUT2D eigenvalue weighted by Gasteiger charge is 2.06. The summed E-state index contributed by atoms with van der Waals surface area (Å²) in [5.41, 5.74) is 0.943. The van der Waals surface area contributed by atoms with Crippen molar-refractivity contribution in [3.8, 4) is 0 Å². The van der Waals surface area contributed by atoms with Crippen molar-refractivity contribution in [1.82, 2.24) is 4.98 Å². The molecule has 0 fully saturated rings. The number of aliphatic hydroxyl groups is 1. The van der Waals surface area contributed by atoms with E-state index in [1.807, 2.05) is 12.1 Å². The van der Waals surface area contributed by atoms with Crippen molar-refractivity contribution in [2.45, 2.75) is 64.4 Å². The number of aliphatic hydroxyl groups excluding tert-OH is 1. The summed E-state index contributed by atoms with van der Waals surface area (Å²) in [6, 6.07) is 3.85. The average Bonchev–Trinajstić information content (AvgIpc) is 2.40. The lowest BCUT2D eigenvalue weighted by Crippen LogP contribution is -2.08. The molecule has 0 aliphatic rings. The molecular weight excluding hydrogens is 326 g/mol. The summed E-state index contributed by atoms with van der Waals surface area (Å²) in [6.45, 7) is 2.21. The van der Waals surface area contributed by atoms with Crippen LogP contribution in [-0.2, 0) is 6.42 Å². The first-order valence-electron chi connectivity index (χ1n) is 7.12. The Morgan fingerprint density at radius 3 is 2.63 bits per heavy atom. The van der Waals surface area contributed by atoms with Crippen molar-refractivity contribution in [2.75, 3.05) is 0 Å². The van der Waals surface area contributed by atoms with Gasteiger partial charge in [0.05, 0.1) is 10.6 Å². The van der Waals surface area contributed by atoms with Crippen LogP contribution in [0, 0.1) is 0 Å². The van der Waals surface area contributed by atoms with Crippen LogP contribution in [0.3, 0.4) is 0 Å². The molecule has 0 bridgehead atoms. The number of aromatic nitrogens is 1. The zero-order chi connectivity index (χ0) is 14.1. The predicted octanol–water partition coefficient (Wildman–Crippen LogP) is 5.15. The van der Waals surface area contributed by atoms with E-state index in [1.165, 1.54) is 25.7 Å². The summed E-state index contributed by atoms with van der Waals surface area (Å²) in [5.74, 6) is 0. The van der Waals surface area contributed by atoms with Gasteiger partial charge in [-0.1, -0.05) is 50.6 Å². The highest BCUT2D eigenvalue weighted by Crippen LogP contribution is 2.20. The van der Waals surface area contributed by atoms with E-state index in [-0.39, 0.29) is 6.10 Å². The molecule has 1 N–H and O–H groups in total. The van der Waals surface area contributed by atoms with Gasteiger partial charge in [0.1, 0.15) is 5.15 Å². The minimum absolute atomic E-state index is 0.217. The van der Waals surface area contributed by atoms with E-state index >= 15 is 0 Å². The van der Waals surface area contributed by atoms with Crippen molar-refractivity contribution in [3.05, 3.63) is 27.5 Å². The fraction of sp³-hybridized carbons (Fsp3) is 0.667. The SMILES string of the molecule is CCCCCCCC(O)CCc1ccc(Br)c(Cl)n1. The summed E-state index contributed by atoms with van der Waals surface area (Å²) in [5, 5.41) is 10.4. The van der Waals surface area contributed by atoms with E-state index in [1.54, 1.807) is 0 Å². The maximum absolute atomic E-state index is 9.92. The Balaban J connectivity index is 2.18. The van der Waals surface area contributed by atoms with Crippen LogP contribution in [0.1, 0.15) is 57.6 Å². The average molecular weight is 349 g/mol. The smallest absolute Gasteiger partial charge is 0.143 e. The zero-order valence-electron chi connectivity index (χ0n) is 11.5. The molecule has 0 aromatic carbocycles. The minimum Gasteiger partial charge on any atom is -0.393 e. The van der Waals surface area contributed by atoms with Gasteiger partial charge >= 0.3 is 0 Å². The highest BCUT2D eigenvalue weighted by molar-refractivity contribution is 9.10. The van der Waals surface area contributed by atoms with Crippen LogP contribution in [0.2, 0.25) is 5.15 Å². The van der Waals surface area contributed by atoms with E-state index in [0.717, 1.165) is 35.8 Å². The fourth-order valence-corrected chi connectivity index (χ4v) is 2.43. The fourth-order valence-electron chi connectivity index (χ4n) is 2.04. The maximum Gasteiger partial charge on any atom is 0.143 e. The van der Waals surface area contributed by atoms with Crippen molar-refractivity contribution in [2.24, 2.45) is 0 Å². The highest BCUT2D eigenvalue weighted by atomic mass is 79.9. The van der Waals surface area contributed by atoms with Crippen LogP contribution in [0.15, 0.2) is 16.6 Å². The van der Waals surface area contributed by atoms with Crippen LogP contribution in [0.25, 0.3) is 0 Å². The van der Waals surface area contributed by atoms with Gasteiger partial charge in [-0.25, -0.2) is 4.98 Å². The Bertz CT molecular complexity index is 373. The quantitative estimate of drug-likeness (QED) is 0.494. The Hall–Kier alpha value is -0.120. The Kier molecular flexibility index (Phi) is 8.67. The first-order valence-corrected chi connectivity index (χ1v) is 8.29. The lowest BCUT2D eigenvalue weighted by molar-refractivity contribution is 0.151. The molecule has 0 radical (unpaired) electrons. The summed E-state index contributed by atoms with van der Waals surface area (Å²) in [4.78, 5) is 4.27. The Morgan fingerprint density at radius 2 is 1.95 bits per heavy atom. The van der Waals surface area contributed by atoms with Crippen molar-refractivity contribution in [1.29, 1.82) is 0 Å². The maximum atomic E-state index is 9.92. The molecule has 0 saturated carbocycles. The van der Waals surface area contributed by atoms with Crippen LogP contribution < -0.4 is 0 Å². The molecule has 2 nitrogen and oxygen atoms in total. The molecular formula is C15H23BrClNO. The second-order valence-corrected chi connectivity index (χ2v) is 6.18. The molecule has 1 aromatic heterocycles. The van der Waals surface area contributed by atoms with Crippen molar-refractivity contribution in [3.63, 3.8) is 0 Å². The summed E-state index contributed by atoms with van der Waals surface area (Å²) in [6.07, 6.45) is 8.42. The summed E-state index contributed by atoms with van der Waals surface area (Å²) >= 11 is 9.26. The molecule has 108 valence electrons. The Labute approximate surface area is 129 Å². The summed E-state index contributed by atoms with van der Waals surface area (Å²) < 4.78 is 0.814. The molecule has 19 heavy (non-hydrogen) atoms. The third kappa shape index (κ3) is 7.28.